The Bertz CT molecular complexity index is 805. The van der Waals surface area contributed by atoms with Gasteiger partial charge in [0.05, 0.1) is 6.04 Å². The van der Waals surface area contributed by atoms with E-state index >= 15 is 0 Å². The summed E-state index contributed by atoms with van der Waals surface area (Å²) in [5.74, 6) is -2.83. The molecule has 0 radical (unpaired) electrons. The van der Waals surface area contributed by atoms with Gasteiger partial charge in [0.2, 0.25) is 17.7 Å². The lowest BCUT2D eigenvalue weighted by atomic mass is 10.0. The molecule has 3 amide bonds. The number of hydrogen-bond acceptors (Lipinski definition) is 7. The Balaban J connectivity index is 3.05. The lowest BCUT2D eigenvalue weighted by molar-refractivity contribution is -0.142. The topological polar surface area (TPSA) is 203 Å². The molecule has 35 heavy (non-hydrogen) atoms. The molecule has 1 aromatic carbocycles. The number of hydrogen-bond donors (Lipinski definition) is 7. The molecule has 0 saturated heterocycles. The number of benzene rings is 1. The van der Waals surface area contributed by atoms with Crippen LogP contribution in [0.15, 0.2) is 30.3 Å². The number of carbonyl (C=O) groups excluding carboxylic acids is 3. The van der Waals surface area contributed by atoms with Gasteiger partial charge in [-0.3, -0.25) is 14.4 Å². The first-order valence-electron chi connectivity index (χ1n) is 12.0. The molecular weight excluding hydrogens is 452 g/mol. The van der Waals surface area contributed by atoms with E-state index in [4.69, 9.17) is 17.2 Å². The highest BCUT2D eigenvalue weighted by Crippen LogP contribution is 2.08. The highest BCUT2D eigenvalue weighted by molar-refractivity contribution is 5.94. The maximum atomic E-state index is 13.1. The van der Waals surface area contributed by atoms with Crippen molar-refractivity contribution in [2.24, 2.45) is 17.2 Å². The van der Waals surface area contributed by atoms with E-state index in [2.05, 4.69) is 16.0 Å². The Kier molecular flexibility index (Phi) is 14.2. The molecule has 0 bridgehead atoms. The molecule has 196 valence electrons. The van der Waals surface area contributed by atoms with Crippen LogP contribution in [0.2, 0.25) is 0 Å². The van der Waals surface area contributed by atoms with Crippen molar-refractivity contribution in [3.05, 3.63) is 35.9 Å². The third kappa shape index (κ3) is 11.8. The number of nitrogens with two attached hydrogens (primary N) is 3. The van der Waals surface area contributed by atoms with E-state index < -0.39 is 47.9 Å². The van der Waals surface area contributed by atoms with Crippen molar-refractivity contribution in [1.82, 2.24) is 16.0 Å². The monoisotopic (exact) mass is 492 g/mol. The van der Waals surface area contributed by atoms with Gasteiger partial charge in [0.1, 0.15) is 18.1 Å². The van der Waals surface area contributed by atoms with Gasteiger partial charge in [0, 0.05) is 6.42 Å². The Morgan fingerprint density at radius 1 is 0.771 bits per heavy atom. The molecule has 1 aromatic rings. The minimum atomic E-state index is -1.16. The van der Waals surface area contributed by atoms with E-state index in [0.717, 1.165) is 5.56 Å². The standard InChI is InChI=1S/C24H40N6O5/c1-16(27)21(31)28-18(11-5-7-13-25)22(32)30-20(15-17-9-3-2-4-10-17)23(33)29-19(24(34)35)12-6-8-14-26/h2-4,9-10,16,18-20H,5-8,11-15,25-27H2,1H3,(H,28,31)(H,29,33)(H,30,32)(H,34,35). The van der Waals surface area contributed by atoms with Crippen LogP contribution in [-0.4, -0.2) is 66.1 Å². The average molecular weight is 493 g/mol. The molecule has 0 saturated carbocycles. The third-order valence-corrected chi connectivity index (χ3v) is 5.47. The summed E-state index contributed by atoms with van der Waals surface area (Å²) < 4.78 is 0. The van der Waals surface area contributed by atoms with Crippen LogP contribution in [-0.2, 0) is 25.6 Å². The first-order chi connectivity index (χ1) is 16.7. The molecule has 11 nitrogen and oxygen atoms in total. The van der Waals surface area contributed by atoms with Crippen LogP contribution in [0.5, 0.6) is 0 Å². The van der Waals surface area contributed by atoms with E-state index in [9.17, 15) is 24.3 Å². The van der Waals surface area contributed by atoms with Gasteiger partial charge in [-0.05, 0) is 64.1 Å². The van der Waals surface area contributed by atoms with Gasteiger partial charge in [0.15, 0.2) is 0 Å². The van der Waals surface area contributed by atoms with Gasteiger partial charge in [-0.25, -0.2) is 4.79 Å². The second kappa shape index (κ2) is 16.6. The third-order valence-electron chi connectivity index (χ3n) is 5.47. The van der Waals surface area contributed by atoms with E-state index in [1.54, 1.807) is 24.3 Å². The lowest BCUT2D eigenvalue weighted by Gasteiger charge is -2.25. The summed E-state index contributed by atoms with van der Waals surface area (Å²) in [6.07, 6.45) is 3.10. The molecule has 0 heterocycles. The van der Waals surface area contributed by atoms with Crippen LogP contribution in [0.3, 0.4) is 0 Å². The number of carbonyl (C=O) groups is 4. The largest absolute Gasteiger partial charge is 0.480 e. The number of carboxylic acid groups (broad SMARTS) is 1. The smallest absolute Gasteiger partial charge is 0.326 e. The molecule has 0 aliphatic rings. The van der Waals surface area contributed by atoms with E-state index in [1.165, 1.54) is 6.92 Å². The Hall–Kier alpha value is -3.02. The predicted molar refractivity (Wildman–Crippen MR) is 133 cm³/mol. The first-order valence-corrected chi connectivity index (χ1v) is 12.0. The number of aliphatic carboxylic acids is 1. The van der Waals surface area contributed by atoms with Crippen molar-refractivity contribution in [1.29, 1.82) is 0 Å². The quantitative estimate of drug-likeness (QED) is 0.139. The summed E-state index contributed by atoms with van der Waals surface area (Å²) >= 11 is 0. The molecule has 0 spiro atoms. The Morgan fingerprint density at radius 2 is 1.26 bits per heavy atom. The fraction of sp³-hybridized carbons (Fsp3) is 0.583. The fourth-order valence-electron chi connectivity index (χ4n) is 3.42. The summed E-state index contributed by atoms with van der Waals surface area (Å²) in [6.45, 7) is 2.37. The number of carboxylic acids is 1. The zero-order chi connectivity index (χ0) is 26.2. The molecule has 11 heteroatoms. The van der Waals surface area contributed by atoms with Crippen molar-refractivity contribution in [3.63, 3.8) is 0 Å². The Morgan fingerprint density at radius 3 is 1.77 bits per heavy atom. The van der Waals surface area contributed by atoms with E-state index in [0.29, 0.717) is 45.2 Å². The molecule has 10 N–H and O–H groups in total. The van der Waals surface area contributed by atoms with E-state index in [1.807, 2.05) is 6.07 Å². The number of unbranched alkanes of at least 4 members (excludes halogenated alkanes) is 2. The van der Waals surface area contributed by atoms with E-state index in [-0.39, 0.29) is 12.8 Å². The van der Waals surface area contributed by atoms with Gasteiger partial charge in [-0.2, -0.15) is 0 Å². The Labute approximate surface area is 206 Å². The van der Waals surface area contributed by atoms with Crippen LogP contribution in [0.25, 0.3) is 0 Å². The van der Waals surface area contributed by atoms with Crippen molar-refractivity contribution >= 4 is 23.7 Å². The first kappa shape index (κ1) is 30.0. The fourth-order valence-corrected chi connectivity index (χ4v) is 3.42. The summed E-state index contributed by atoms with van der Waals surface area (Å²) in [6, 6.07) is 5.16. The highest BCUT2D eigenvalue weighted by atomic mass is 16.4. The summed E-state index contributed by atoms with van der Waals surface area (Å²) in [7, 11) is 0. The van der Waals surface area contributed by atoms with Gasteiger partial charge in [0.25, 0.3) is 0 Å². The average Bonchev–Trinajstić information content (AvgIpc) is 2.82. The van der Waals surface area contributed by atoms with Crippen molar-refractivity contribution in [2.45, 2.75) is 76.0 Å². The SMILES string of the molecule is CC(N)C(=O)NC(CCCCN)C(=O)NC(Cc1ccccc1)C(=O)NC(CCCCN)C(=O)O. The minimum Gasteiger partial charge on any atom is -0.480 e. The second-order valence-corrected chi connectivity index (χ2v) is 8.57. The van der Waals surface area contributed by atoms with Crippen LogP contribution < -0.4 is 33.2 Å². The zero-order valence-corrected chi connectivity index (χ0v) is 20.4. The van der Waals surface area contributed by atoms with Gasteiger partial charge < -0.3 is 38.3 Å². The molecule has 0 aliphatic heterocycles. The molecule has 1 rings (SSSR count). The maximum absolute atomic E-state index is 13.1. The molecule has 0 fully saturated rings. The molecule has 0 aromatic heterocycles. The molecule has 0 aliphatic carbocycles. The highest BCUT2D eigenvalue weighted by Gasteiger charge is 2.29. The van der Waals surface area contributed by atoms with Crippen LogP contribution in [0.4, 0.5) is 0 Å². The molecular formula is C24H40N6O5. The second-order valence-electron chi connectivity index (χ2n) is 8.57. The number of rotatable bonds is 17. The number of amides is 3. The van der Waals surface area contributed by atoms with Crippen molar-refractivity contribution in [3.8, 4) is 0 Å². The zero-order valence-electron chi connectivity index (χ0n) is 20.4. The summed E-state index contributed by atoms with van der Waals surface area (Å²) in [5, 5.41) is 17.4. The van der Waals surface area contributed by atoms with Gasteiger partial charge >= 0.3 is 5.97 Å². The lowest BCUT2D eigenvalue weighted by Crippen LogP contribution is -2.57. The minimum absolute atomic E-state index is 0.143. The van der Waals surface area contributed by atoms with Gasteiger partial charge in [-0.15, -0.1) is 0 Å². The van der Waals surface area contributed by atoms with Crippen LogP contribution in [0.1, 0.15) is 51.0 Å². The van der Waals surface area contributed by atoms with Crippen molar-refractivity contribution in [2.75, 3.05) is 13.1 Å². The predicted octanol–water partition coefficient (Wildman–Crippen LogP) is -0.627. The van der Waals surface area contributed by atoms with Crippen LogP contribution in [0, 0.1) is 0 Å². The molecule has 4 atom stereocenters. The number of nitrogens with one attached hydrogen (secondary N) is 3. The van der Waals surface area contributed by atoms with Crippen LogP contribution >= 0.6 is 0 Å². The maximum Gasteiger partial charge on any atom is 0.326 e. The normalized spacial score (nSPS) is 14.3. The molecule has 4 unspecified atom stereocenters. The van der Waals surface area contributed by atoms with Gasteiger partial charge in [-0.1, -0.05) is 30.3 Å². The summed E-state index contributed by atoms with van der Waals surface area (Å²) in [4.78, 5) is 50.1. The summed E-state index contributed by atoms with van der Waals surface area (Å²) in [5.41, 5.74) is 17.4. The van der Waals surface area contributed by atoms with Crippen molar-refractivity contribution < 1.29 is 24.3 Å².